The van der Waals surface area contributed by atoms with Gasteiger partial charge in [0.2, 0.25) is 0 Å². The molecule has 0 N–H and O–H groups in total. The van der Waals surface area contributed by atoms with Gasteiger partial charge in [0.1, 0.15) is 11.4 Å². The molecule has 2 aromatic rings. The zero-order valence-corrected chi connectivity index (χ0v) is 15.1. The summed E-state index contributed by atoms with van der Waals surface area (Å²) in [6.07, 6.45) is 0.314. The van der Waals surface area contributed by atoms with E-state index in [0.29, 0.717) is 6.42 Å². The fourth-order valence-corrected chi connectivity index (χ4v) is 2.81. The lowest BCUT2D eigenvalue weighted by molar-refractivity contribution is -0.155. The van der Waals surface area contributed by atoms with Gasteiger partial charge < -0.3 is 9.47 Å². The van der Waals surface area contributed by atoms with Crippen LogP contribution in [-0.2, 0) is 9.53 Å². The van der Waals surface area contributed by atoms with Crippen LogP contribution in [0.2, 0.25) is 0 Å². The highest BCUT2D eigenvalue weighted by molar-refractivity contribution is 5.72. The molecule has 0 bridgehead atoms. The topological polar surface area (TPSA) is 35.5 Å². The number of hydrogen-bond donors (Lipinski definition) is 0. The number of hydrogen-bond acceptors (Lipinski definition) is 3. The molecule has 0 heterocycles. The highest BCUT2D eigenvalue weighted by atomic mass is 16.6. The molecule has 0 aliphatic heterocycles. The number of aryl methyl sites for hydroxylation is 1. The summed E-state index contributed by atoms with van der Waals surface area (Å²) in [5.74, 6) is 0.596. The second kappa shape index (κ2) is 7.52. The summed E-state index contributed by atoms with van der Waals surface area (Å²) in [6, 6.07) is 16.1. The van der Waals surface area contributed by atoms with Crippen LogP contribution >= 0.6 is 0 Å². The van der Waals surface area contributed by atoms with Crippen LogP contribution in [-0.4, -0.2) is 18.7 Å². The number of rotatable bonds is 5. The van der Waals surface area contributed by atoms with Gasteiger partial charge in [-0.1, -0.05) is 36.4 Å². The van der Waals surface area contributed by atoms with Gasteiger partial charge in [-0.2, -0.15) is 0 Å². The zero-order valence-electron chi connectivity index (χ0n) is 15.1. The largest absolute Gasteiger partial charge is 0.497 e. The van der Waals surface area contributed by atoms with E-state index in [2.05, 4.69) is 12.1 Å². The van der Waals surface area contributed by atoms with Crippen LogP contribution in [0.3, 0.4) is 0 Å². The number of carbonyl (C=O) groups excluding carboxylic acids is 1. The van der Waals surface area contributed by atoms with Gasteiger partial charge in [-0.25, -0.2) is 0 Å². The molecule has 2 rings (SSSR count). The van der Waals surface area contributed by atoms with Crippen molar-refractivity contribution < 1.29 is 14.3 Å². The molecule has 0 aliphatic carbocycles. The van der Waals surface area contributed by atoms with Crippen molar-refractivity contribution in [1.82, 2.24) is 0 Å². The molecule has 0 unspecified atom stereocenters. The minimum absolute atomic E-state index is 0.0352. The van der Waals surface area contributed by atoms with Crippen LogP contribution < -0.4 is 4.74 Å². The second-order valence-electron chi connectivity index (χ2n) is 6.98. The number of carbonyl (C=O) groups is 1. The molecule has 0 fully saturated rings. The molecule has 0 saturated carbocycles. The van der Waals surface area contributed by atoms with E-state index in [1.54, 1.807) is 7.11 Å². The van der Waals surface area contributed by atoms with Crippen LogP contribution in [0, 0.1) is 6.92 Å². The fourth-order valence-electron chi connectivity index (χ4n) is 2.81. The Hall–Kier alpha value is -2.29. The second-order valence-corrected chi connectivity index (χ2v) is 6.98. The predicted molar refractivity (Wildman–Crippen MR) is 96.5 cm³/mol. The van der Waals surface area contributed by atoms with E-state index in [1.807, 2.05) is 64.1 Å². The van der Waals surface area contributed by atoms with E-state index in [4.69, 9.17) is 9.47 Å². The predicted octanol–water partition coefficient (Wildman–Crippen LogP) is 4.87. The Morgan fingerprint density at radius 2 is 1.75 bits per heavy atom. The van der Waals surface area contributed by atoms with Gasteiger partial charge in [0.15, 0.2) is 0 Å². The Kier molecular flexibility index (Phi) is 5.66. The van der Waals surface area contributed by atoms with Gasteiger partial charge in [0, 0.05) is 5.92 Å². The molecule has 1 atom stereocenters. The molecular weight excluding hydrogens is 300 g/mol. The number of esters is 1. The molecule has 0 aliphatic rings. The summed E-state index contributed by atoms with van der Waals surface area (Å²) < 4.78 is 10.8. The molecule has 0 radical (unpaired) electrons. The molecule has 128 valence electrons. The van der Waals surface area contributed by atoms with Crippen molar-refractivity contribution in [1.29, 1.82) is 0 Å². The molecule has 0 amide bonds. The Morgan fingerprint density at radius 3 is 2.29 bits per heavy atom. The molecule has 0 saturated heterocycles. The summed E-state index contributed by atoms with van der Waals surface area (Å²) in [5, 5.41) is 0. The van der Waals surface area contributed by atoms with E-state index >= 15 is 0 Å². The first-order chi connectivity index (χ1) is 11.3. The van der Waals surface area contributed by atoms with Gasteiger partial charge >= 0.3 is 5.97 Å². The number of ether oxygens (including phenoxy) is 2. The fraction of sp³-hybridized carbons (Fsp3) is 0.381. The highest BCUT2D eigenvalue weighted by Gasteiger charge is 2.24. The third kappa shape index (κ3) is 4.85. The van der Waals surface area contributed by atoms with E-state index in [9.17, 15) is 4.79 Å². The maximum Gasteiger partial charge on any atom is 0.307 e. The third-order valence-corrected chi connectivity index (χ3v) is 3.85. The Balaban J connectivity index is 2.35. The lowest BCUT2D eigenvalue weighted by Crippen LogP contribution is -2.25. The van der Waals surface area contributed by atoms with Gasteiger partial charge in [0.05, 0.1) is 13.5 Å². The molecule has 2 aromatic carbocycles. The first-order valence-corrected chi connectivity index (χ1v) is 8.21. The zero-order chi connectivity index (χ0) is 17.7. The van der Waals surface area contributed by atoms with Crippen LogP contribution in [0.4, 0.5) is 0 Å². The van der Waals surface area contributed by atoms with Crippen molar-refractivity contribution in [3.05, 3.63) is 65.2 Å². The summed E-state index contributed by atoms with van der Waals surface area (Å²) in [5.41, 5.74) is 2.85. The van der Waals surface area contributed by atoms with Crippen LogP contribution in [0.15, 0.2) is 48.5 Å². The molecule has 3 nitrogen and oxygen atoms in total. The van der Waals surface area contributed by atoms with E-state index in [1.165, 1.54) is 0 Å². The SMILES string of the molecule is COc1ccc([C@@H](CC(=O)OC(C)(C)C)c2ccccc2)c(C)c1. The Labute approximate surface area is 144 Å². The highest BCUT2D eigenvalue weighted by Crippen LogP contribution is 2.32. The summed E-state index contributed by atoms with van der Waals surface area (Å²) in [6.45, 7) is 7.71. The van der Waals surface area contributed by atoms with Crippen LogP contribution in [0.5, 0.6) is 5.75 Å². The smallest absolute Gasteiger partial charge is 0.307 e. The normalized spacial score (nSPS) is 12.5. The Bertz CT molecular complexity index is 684. The summed E-state index contributed by atoms with van der Waals surface area (Å²) in [7, 11) is 1.66. The van der Waals surface area contributed by atoms with Crippen molar-refractivity contribution in [3.63, 3.8) is 0 Å². The average molecular weight is 326 g/mol. The van der Waals surface area contributed by atoms with Crippen molar-refractivity contribution in [2.24, 2.45) is 0 Å². The van der Waals surface area contributed by atoms with Crippen LogP contribution in [0.1, 0.15) is 49.8 Å². The molecule has 24 heavy (non-hydrogen) atoms. The van der Waals surface area contributed by atoms with E-state index < -0.39 is 5.60 Å². The van der Waals surface area contributed by atoms with E-state index in [-0.39, 0.29) is 11.9 Å². The maximum absolute atomic E-state index is 12.4. The van der Waals surface area contributed by atoms with Crippen molar-refractivity contribution in [3.8, 4) is 5.75 Å². The van der Waals surface area contributed by atoms with Crippen molar-refractivity contribution in [2.45, 2.75) is 45.6 Å². The standard InChI is InChI=1S/C21H26O3/c1-15-13-17(23-5)11-12-18(15)19(16-9-7-6-8-10-16)14-20(22)24-21(2,3)4/h6-13,19H,14H2,1-5H3/t19-/m0/s1. The van der Waals surface area contributed by atoms with Crippen LogP contribution in [0.25, 0.3) is 0 Å². The number of benzene rings is 2. The first kappa shape index (κ1) is 18.1. The van der Waals surface area contributed by atoms with Gasteiger partial charge in [0.25, 0.3) is 0 Å². The maximum atomic E-state index is 12.4. The quantitative estimate of drug-likeness (QED) is 0.736. The first-order valence-electron chi connectivity index (χ1n) is 8.21. The van der Waals surface area contributed by atoms with Crippen molar-refractivity contribution >= 4 is 5.97 Å². The monoisotopic (exact) mass is 326 g/mol. The van der Waals surface area contributed by atoms with Crippen molar-refractivity contribution in [2.75, 3.05) is 7.11 Å². The van der Waals surface area contributed by atoms with Gasteiger partial charge in [-0.05, 0) is 56.5 Å². The minimum atomic E-state index is -0.479. The number of methoxy groups -OCH3 is 1. The van der Waals surface area contributed by atoms with Gasteiger partial charge in [-0.3, -0.25) is 4.79 Å². The van der Waals surface area contributed by atoms with E-state index in [0.717, 1.165) is 22.4 Å². The van der Waals surface area contributed by atoms with Gasteiger partial charge in [-0.15, -0.1) is 0 Å². The third-order valence-electron chi connectivity index (χ3n) is 3.85. The summed E-state index contributed by atoms with van der Waals surface area (Å²) >= 11 is 0. The molecule has 0 aromatic heterocycles. The summed E-state index contributed by atoms with van der Waals surface area (Å²) in [4.78, 5) is 12.4. The molecule has 3 heteroatoms. The molecule has 0 spiro atoms. The molecular formula is C21H26O3. The minimum Gasteiger partial charge on any atom is -0.497 e. The Morgan fingerprint density at radius 1 is 1.08 bits per heavy atom. The lowest BCUT2D eigenvalue weighted by Gasteiger charge is -2.24. The lowest BCUT2D eigenvalue weighted by atomic mass is 9.86. The average Bonchev–Trinajstić information content (AvgIpc) is 2.52.